The molecule has 0 unspecified atom stereocenters. The summed E-state index contributed by atoms with van der Waals surface area (Å²) < 4.78 is 5.16. The topological polar surface area (TPSA) is 29.5 Å². The van der Waals surface area contributed by atoms with Gasteiger partial charge in [-0.2, -0.15) is 0 Å². The molecular formula is C20H31NO2. The molecule has 0 fully saturated rings. The summed E-state index contributed by atoms with van der Waals surface area (Å²) >= 11 is 0. The van der Waals surface area contributed by atoms with E-state index >= 15 is 0 Å². The first-order chi connectivity index (χ1) is 10.8. The molecule has 1 aliphatic rings. The predicted molar refractivity (Wildman–Crippen MR) is 96.1 cm³/mol. The van der Waals surface area contributed by atoms with Gasteiger partial charge in [0.2, 0.25) is 0 Å². The normalized spacial score (nSPS) is 20.8. The van der Waals surface area contributed by atoms with Gasteiger partial charge in [0.15, 0.2) is 0 Å². The summed E-state index contributed by atoms with van der Waals surface area (Å²) in [5.41, 5.74) is 3.77. The Morgan fingerprint density at radius 3 is 2.74 bits per heavy atom. The Labute approximate surface area is 141 Å². The Morgan fingerprint density at radius 1 is 1.43 bits per heavy atom. The van der Waals surface area contributed by atoms with Gasteiger partial charge in [0.25, 0.3) is 0 Å². The molecule has 0 spiro atoms. The number of anilines is 1. The van der Waals surface area contributed by atoms with Crippen molar-refractivity contribution in [1.82, 2.24) is 0 Å². The molecule has 0 aromatic heterocycles. The van der Waals surface area contributed by atoms with Crippen LogP contribution in [0.25, 0.3) is 0 Å². The van der Waals surface area contributed by atoms with E-state index in [-0.39, 0.29) is 17.6 Å². The summed E-state index contributed by atoms with van der Waals surface area (Å²) in [5.74, 6) is 0.385. The van der Waals surface area contributed by atoms with Crippen LogP contribution in [0.15, 0.2) is 18.2 Å². The molecule has 2 rings (SSSR count). The third kappa shape index (κ3) is 3.39. The van der Waals surface area contributed by atoms with Gasteiger partial charge in [-0.15, -0.1) is 0 Å². The lowest BCUT2D eigenvalue weighted by Crippen LogP contribution is -2.56. The Morgan fingerprint density at radius 2 is 2.13 bits per heavy atom. The van der Waals surface area contributed by atoms with Crippen LogP contribution in [0.3, 0.4) is 0 Å². The van der Waals surface area contributed by atoms with Crippen molar-refractivity contribution < 1.29 is 9.53 Å². The van der Waals surface area contributed by atoms with Crippen LogP contribution in [0, 0.1) is 6.92 Å². The number of carbonyl (C=O) groups is 1. The monoisotopic (exact) mass is 317 g/mol. The van der Waals surface area contributed by atoms with E-state index in [1.165, 1.54) is 23.9 Å². The van der Waals surface area contributed by atoms with E-state index in [1.54, 1.807) is 0 Å². The third-order valence-corrected chi connectivity index (χ3v) is 5.11. The average molecular weight is 317 g/mol. The number of hydrogen-bond donors (Lipinski definition) is 0. The Balaban J connectivity index is 2.56. The molecular weight excluding hydrogens is 286 g/mol. The van der Waals surface area contributed by atoms with Crippen LogP contribution in [0.1, 0.15) is 70.4 Å². The number of esters is 1. The Bertz CT molecular complexity index is 565. The zero-order chi connectivity index (χ0) is 17.2. The van der Waals surface area contributed by atoms with Gasteiger partial charge in [-0.3, -0.25) is 0 Å². The summed E-state index contributed by atoms with van der Waals surface area (Å²) in [5, 5.41) is 0. The molecule has 1 aromatic rings. The smallest absolute Gasteiger partial charge is 0.328 e. The van der Waals surface area contributed by atoms with Crippen LogP contribution < -0.4 is 4.90 Å². The fourth-order valence-corrected chi connectivity index (χ4v) is 4.13. The molecule has 0 saturated heterocycles. The van der Waals surface area contributed by atoms with Crippen molar-refractivity contribution in [2.75, 3.05) is 12.0 Å². The summed E-state index contributed by atoms with van der Waals surface area (Å²) in [6.07, 6.45) is 4.00. The van der Waals surface area contributed by atoms with Crippen molar-refractivity contribution in [3.8, 4) is 0 Å². The van der Waals surface area contributed by atoms with Crippen LogP contribution in [-0.4, -0.2) is 24.7 Å². The van der Waals surface area contributed by atoms with Crippen LogP contribution in [0.2, 0.25) is 0 Å². The van der Waals surface area contributed by atoms with Crippen LogP contribution in [-0.2, 0) is 9.53 Å². The molecule has 0 saturated carbocycles. The summed E-state index contributed by atoms with van der Waals surface area (Å²) in [4.78, 5) is 14.9. The molecule has 0 radical (unpaired) electrons. The molecule has 0 amide bonds. The number of para-hydroxylation sites is 1. The number of ether oxygens (including phenoxy) is 1. The zero-order valence-corrected chi connectivity index (χ0v) is 15.5. The number of rotatable bonds is 5. The van der Waals surface area contributed by atoms with Crippen LogP contribution in [0.4, 0.5) is 5.69 Å². The Kier molecular flexibility index (Phi) is 5.38. The SMILES string of the molecule is CCCC[C@@H](C(=O)OC)N1c2c(C)cccc2[C@H](C)CC1(C)C. The number of carbonyl (C=O) groups excluding carboxylic acids is 1. The minimum absolute atomic E-state index is 0.0644. The van der Waals surface area contributed by atoms with Crippen molar-refractivity contribution in [3.63, 3.8) is 0 Å². The van der Waals surface area contributed by atoms with Crippen molar-refractivity contribution in [2.24, 2.45) is 0 Å². The lowest BCUT2D eigenvalue weighted by atomic mass is 9.77. The Hall–Kier alpha value is -1.51. The van der Waals surface area contributed by atoms with Gasteiger partial charge in [-0.1, -0.05) is 44.9 Å². The van der Waals surface area contributed by atoms with Crippen molar-refractivity contribution in [2.45, 2.75) is 77.8 Å². The molecule has 1 aliphatic heterocycles. The number of fused-ring (bicyclic) bond motifs is 1. The first-order valence-corrected chi connectivity index (χ1v) is 8.80. The minimum Gasteiger partial charge on any atom is -0.467 e. The number of aryl methyl sites for hydroxylation is 1. The summed E-state index contributed by atoms with van der Waals surface area (Å²) in [7, 11) is 1.50. The molecule has 2 atom stereocenters. The zero-order valence-electron chi connectivity index (χ0n) is 15.5. The minimum atomic E-state index is -0.206. The first kappa shape index (κ1) is 17.8. The lowest BCUT2D eigenvalue weighted by molar-refractivity contribution is -0.142. The maximum atomic E-state index is 12.5. The molecule has 0 aliphatic carbocycles. The highest BCUT2D eigenvalue weighted by Crippen LogP contribution is 2.46. The number of benzene rings is 1. The molecule has 3 heteroatoms. The molecule has 3 nitrogen and oxygen atoms in total. The second kappa shape index (κ2) is 6.94. The van der Waals surface area contributed by atoms with E-state index < -0.39 is 0 Å². The highest BCUT2D eigenvalue weighted by atomic mass is 16.5. The van der Waals surface area contributed by atoms with Gasteiger partial charge >= 0.3 is 5.97 Å². The highest BCUT2D eigenvalue weighted by molar-refractivity contribution is 5.82. The molecule has 128 valence electrons. The number of nitrogens with zero attached hydrogens (tertiary/aromatic N) is 1. The molecule has 0 bridgehead atoms. The van der Waals surface area contributed by atoms with E-state index in [4.69, 9.17) is 4.74 Å². The van der Waals surface area contributed by atoms with Crippen molar-refractivity contribution in [3.05, 3.63) is 29.3 Å². The van der Waals surface area contributed by atoms with E-state index in [0.29, 0.717) is 5.92 Å². The maximum absolute atomic E-state index is 12.5. The van der Waals surface area contributed by atoms with Crippen molar-refractivity contribution >= 4 is 11.7 Å². The summed E-state index contributed by atoms with van der Waals surface area (Å²) in [6.45, 7) is 11.1. The van der Waals surface area contributed by atoms with Gasteiger partial charge in [0.1, 0.15) is 6.04 Å². The summed E-state index contributed by atoms with van der Waals surface area (Å²) in [6, 6.07) is 6.28. The first-order valence-electron chi connectivity index (χ1n) is 8.80. The van der Waals surface area contributed by atoms with E-state index in [0.717, 1.165) is 25.7 Å². The number of methoxy groups -OCH3 is 1. The second-order valence-electron chi connectivity index (χ2n) is 7.48. The molecule has 0 N–H and O–H groups in total. The number of hydrogen-bond acceptors (Lipinski definition) is 3. The van der Waals surface area contributed by atoms with Gasteiger partial charge in [0.05, 0.1) is 7.11 Å². The standard InChI is InChI=1S/C20H31NO2/c1-7-8-12-17(19(22)23-6)21-18-14(2)10-9-11-16(18)15(3)13-20(21,4)5/h9-11,15,17H,7-8,12-13H2,1-6H3/t15-,17+/m1/s1. The van der Waals surface area contributed by atoms with Gasteiger partial charge in [-0.25, -0.2) is 4.79 Å². The fourth-order valence-electron chi connectivity index (χ4n) is 4.13. The van der Waals surface area contributed by atoms with Crippen LogP contribution >= 0.6 is 0 Å². The van der Waals surface area contributed by atoms with Gasteiger partial charge in [0, 0.05) is 11.2 Å². The molecule has 23 heavy (non-hydrogen) atoms. The van der Waals surface area contributed by atoms with Gasteiger partial charge < -0.3 is 9.64 Å². The quantitative estimate of drug-likeness (QED) is 0.729. The van der Waals surface area contributed by atoms with Crippen molar-refractivity contribution in [1.29, 1.82) is 0 Å². The van der Waals surface area contributed by atoms with Gasteiger partial charge in [-0.05, 0) is 50.7 Å². The fraction of sp³-hybridized carbons (Fsp3) is 0.650. The largest absolute Gasteiger partial charge is 0.467 e. The maximum Gasteiger partial charge on any atom is 0.328 e. The predicted octanol–water partition coefficient (Wildman–Crippen LogP) is 4.82. The van der Waals surface area contributed by atoms with E-state index in [2.05, 4.69) is 57.7 Å². The average Bonchev–Trinajstić information content (AvgIpc) is 2.49. The van der Waals surface area contributed by atoms with Crippen LogP contribution in [0.5, 0.6) is 0 Å². The number of unbranched alkanes of at least 4 members (excludes halogenated alkanes) is 1. The third-order valence-electron chi connectivity index (χ3n) is 5.11. The lowest BCUT2D eigenvalue weighted by Gasteiger charge is -2.51. The highest BCUT2D eigenvalue weighted by Gasteiger charge is 2.43. The second-order valence-corrected chi connectivity index (χ2v) is 7.48. The molecule has 1 aromatic carbocycles. The molecule has 1 heterocycles. The van der Waals surface area contributed by atoms with E-state index in [1.807, 2.05) is 0 Å². The van der Waals surface area contributed by atoms with E-state index in [9.17, 15) is 4.79 Å².